The van der Waals surface area contributed by atoms with Crippen LogP contribution in [0.3, 0.4) is 0 Å². The largest absolute Gasteiger partial charge is 0.443 e. The molecule has 154 valence electrons. The molecule has 0 radical (unpaired) electrons. The summed E-state index contributed by atoms with van der Waals surface area (Å²) >= 11 is 0. The highest BCUT2D eigenvalue weighted by molar-refractivity contribution is 7.89. The Labute approximate surface area is 171 Å². The average molecular weight is 415 g/mol. The number of nitrogens with zero attached hydrogens (tertiary/aromatic N) is 1. The summed E-state index contributed by atoms with van der Waals surface area (Å²) in [7, 11) is -4.05. The first-order valence-electron chi connectivity index (χ1n) is 9.45. The summed E-state index contributed by atoms with van der Waals surface area (Å²) in [6.45, 7) is 6.98. The molecule has 0 saturated carbocycles. The molecular weight excluding hydrogens is 388 g/mol. The number of para-hydroxylation sites is 1. The normalized spacial score (nSPS) is 12.1. The molecule has 0 saturated heterocycles. The summed E-state index contributed by atoms with van der Waals surface area (Å²) in [6, 6.07) is 14.2. The van der Waals surface area contributed by atoms with E-state index >= 15 is 0 Å². The van der Waals surface area contributed by atoms with Crippen molar-refractivity contribution in [2.45, 2.75) is 44.6 Å². The number of aromatic nitrogens is 1. The molecule has 0 fully saturated rings. The average Bonchev–Trinajstić information content (AvgIpc) is 3.04. The van der Waals surface area contributed by atoms with Crippen LogP contribution in [0.1, 0.15) is 31.9 Å². The number of carbonyl (C=O) groups is 1. The zero-order chi connectivity index (χ0) is 21.2. The van der Waals surface area contributed by atoms with E-state index in [1.807, 2.05) is 37.4 Å². The maximum Gasteiger partial charge on any atom is 0.424 e. The SMILES string of the molecule is Cc1ccc(S(=O)(=O)N(CCc2c[nH]c3ccccc23)C(=O)OC(C)(C)C)cc1. The topological polar surface area (TPSA) is 79.5 Å². The Kier molecular flexibility index (Phi) is 5.71. The molecule has 0 aliphatic heterocycles. The Morgan fingerprint density at radius 2 is 1.72 bits per heavy atom. The van der Waals surface area contributed by atoms with Gasteiger partial charge in [0.25, 0.3) is 10.0 Å². The predicted octanol–water partition coefficient (Wildman–Crippen LogP) is 4.64. The molecule has 0 aliphatic rings. The van der Waals surface area contributed by atoms with Gasteiger partial charge in [0.1, 0.15) is 5.60 Å². The van der Waals surface area contributed by atoms with Crippen molar-refractivity contribution in [2.24, 2.45) is 0 Å². The molecule has 3 rings (SSSR count). The van der Waals surface area contributed by atoms with E-state index in [9.17, 15) is 13.2 Å². The van der Waals surface area contributed by atoms with Gasteiger partial charge in [-0.3, -0.25) is 0 Å². The summed E-state index contributed by atoms with van der Waals surface area (Å²) in [5.74, 6) is 0. The number of amides is 1. The quantitative estimate of drug-likeness (QED) is 0.659. The fraction of sp³-hybridized carbons (Fsp3) is 0.318. The van der Waals surface area contributed by atoms with Crippen LogP contribution in [-0.2, 0) is 21.2 Å². The number of hydrogen-bond donors (Lipinski definition) is 1. The minimum atomic E-state index is -4.05. The Balaban J connectivity index is 1.92. The van der Waals surface area contributed by atoms with E-state index in [4.69, 9.17) is 4.74 Å². The molecule has 0 spiro atoms. The van der Waals surface area contributed by atoms with Gasteiger partial charge in [-0.25, -0.2) is 17.5 Å². The predicted molar refractivity (Wildman–Crippen MR) is 113 cm³/mol. The smallest absolute Gasteiger partial charge is 0.424 e. The molecule has 0 bridgehead atoms. The minimum Gasteiger partial charge on any atom is -0.443 e. The molecule has 2 aromatic carbocycles. The van der Waals surface area contributed by atoms with Crippen LogP contribution in [0.15, 0.2) is 59.6 Å². The molecule has 1 amide bonds. The van der Waals surface area contributed by atoms with E-state index in [-0.39, 0.29) is 11.4 Å². The second-order valence-electron chi connectivity index (χ2n) is 7.98. The van der Waals surface area contributed by atoms with E-state index < -0.39 is 21.7 Å². The number of hydrogen-bond acceptors (Lipinski definition) is 4. The summed E-state index contributed by atoms with van der Waals surface area (Å²) in [4.78, 5) is 16.0. The molecule has 1 heterocycles. The number of aromatic amines is 1. The number of carbonyl (C=O) groups excluding carboxylic acids is 1. The van der Waals surface area contributed by atoms with E-state index in [0.717, 1.165) is 26.3 Å². The second-order valence-corrected chi connectivity index (χ2v) is 9.84. The van der Waals surface area contributed by atoms with E-state index in [1.54, 1.807) is 32.9 Å². The van der Waals surface area contributed by atoms with Gasteiger partial charge in [0.15, 0.2) is 0 Å². The van der Waals surface area contributed by atoms with Crippen molar-refractivity contribution < 1.29 is 17.9 Å². The third kappa shape index (κ3) is 4.79. The first kappa shape index (κ1) is 20.9. The van der Waals surface area contributed by atoms with Crippen molar-refractivity contribution in [2.75, 3.05) is 6.54 Å². The Morgan fingerprint density at radius 3 is 2.38 bits per heavy atom. The molecule has 3 aromatic rings. The van der Waals surface area contributed by atoms with Crippen LogP contribution in [0.25, 0.3) is 10.9 Å². The highest BCUT2D eigenvalue weighted by Crippen LogP contribution is 2.23. The van der Waals surface area contributed by atoms with Crippen molar-refractivity contribution in [3.8, 4) is 0 Å². The first-order chi connectivity index (χ1) is 13.6. The minimum absolute atomic E-state index is 0.0209. The Morgan fingerprint density at radius 1 is 1.07 bits per heavy atom. The van der Waals surface area contributed by atoms with Gasteiger partial charge in [-0.1, -0.05) is 35.9 Å². The lowest BCUT2D eigenvalue weighted by Crippen LogP contribution is -2.41. The van der Waals surface area contributed by atoms with Crippen LogP contribution in [0.2, 0.25) is 0 Å². The van der Waals surface area contributed by atoms with Crippen molar-refractivity contribution >= 4 is 27.0 Å². The molecule has 1 aromatic heterocycles. The summed E-state index contributed by atoms with van der Waals surface area (Å²) < 4.78 is 32.6. The molecule has 0 aliphatic carbocycles. The number of aryl methyl sites for hydroxylation is 1. The lowest BCUT2D eigenvalue weighted by Gasteiger charge is -2.27. The fourth-order valence-corrected chi connectivity index (χ4v) is 4.32. The Bertz CT molecular complexity index is 1110. The molecule has 0 unspecified atom stereocenters. The van der Waals surface area contributed by atoms with Gasteiger partial charge in [0, 0.05) is 23.6 Å². The number of fused-ring (bicyclic) bond motifs is 1. The standard InChI is InChI=1S/C22H26N2O4S/c1-16-9-11-18(12-10-16)29(26,27)24(21(25)28-22(2,3)4)14-13-17-15-23-20-8-6-5-7-19(17)20/h5-12,15,23H,13-14H2,1-4H3. The highest BCUT2D eigenvalue weighted by atomic mass is 32.2. The number of ether oxygens (including phenoxy) is 1. The number of rotatable bonds is 5. The third-order valence-corrected chi connectivity index (χ3v) is 6.25. The first-order valence-corrected chi connectivity index (χ1v) is 10.9. The van der Waals surface area contributed by atoms with Gasteiger partial charge in [-0.15, -0.1) is 0 Å². The van der Waals surface area contributed by atoms with Crippen LogP contribution in [0.5, 0.6) is 0 Å². The summed E-state index contributed by atoms with van der Waals surface area (Å²) in [5, 5.41) is 1.00. The summed E-state index contributed by atoms with van der Waals surface area (Å²) in [5.41, 5.74) is 2.03. The monoisotopic (exact) mass is 414 g/mol. The van der Waals surface area contributed by atoms with Crippen molar-refractivity contribution in [1.82, 2.24) is 9.29 Å². The number of nitrogens with one attached hydrogen (secondary N) is 1. The van der Waals surface area contributed by atoms with Gasteiger partial charge in [-0.05, 0) is 57.9 Å². The van der Waals surface area contributed by atoms with Gasteiger partial charge >= 0.3 is 6.09 Å². The maximum atomic E-state index is 13.2. The van der Waals surface area contributed by atoms with Gasteiger partial charge in [0.2, 0.25) is 0 Å². The lowest BCUT2D eigenvalue weighted by molar-refractivity contribution is 0.0392. The van der Waals surface area contributed by atoms with Gasteiger partial charge in [0.05, 0.1) is 4.90 Å². The zero-order valence-electron chi connectivity index (χ0n) is 17.1. The van der Waals surface area contributed by atoms with Crippen LogP contribution < -0.4 is 0 Å². The van der Waals surface area contributed by atoms with Crippen LogP contribution in [0, 0.1) is 6.92 Å². The lowest BCUT2D eigenvalue weighted by atomic mass is 10.1. The van der Waals surface area contributed by atoms with Crippen LogP contribution in [-0.4, -0.2) is 35.9 Å². The molecule has 7 heteroatoms. The van der Waals surface area contributed by atoms with Crippen molar-refractivity contribution in [1.29, 1.82) is 0 Å². The summed E-state index contributed by atoms with van der Waals surface area (Å²) in [6.07, 6.45) is 1.34. The highest BCUT2D eigenvalue weighted by Gasteiger charge is 2.33. The fourth-order valence-electron chi connectivity index (χ4n) is 3.02. The Hall–Kier alpha value is -2.80. The molecule has 1 N–H and O–H groups in total. The number of H-pyrrole nitrogens is 1. The van der Waals surface area contributed by atoms with Crippen molar-refractivity contribution in [3.05, 3.63) is 65.9 Å². The molecule has 6 nitrogen and oxygen atoms in total. The molecule has 29 heavy (non-hydrogen) atoms. The maximum absolute atomic E-state index is 13.2. The van der Waals surface area contributed by atoms with E-state index in [1.165, 1.54) is 12.1 Å². The van der Waals surface area contributed by atoms with Gasteiger partial charge in [-0.2, -0.15) is 0 Å². The van der Waals surface area contributed by atoms with E-state index in [0.29, 0.717) is 6.42 Å². The second kappa shape index (κ2) is 7.91. The third-order valence-electron chi connectivity index (χ3n) is 4.47. The number of sulfonamides is 1. The van der Waals surface area contributed by atoms with Gasteiger partial charge < -0.3 is 9.72 Å². The zero-order valence-corrected chi connectivity index (χ0v) is 17.9. The van der Waals surface area contributed by atoms with Crippen molar-refractivity contribution in [3.63, 3.8) is 0 Å². The molecule has 0 atom stereocenters. The van der Waals surface area contributed by atoms with Crippen LogP contribution in [0.4, 0.5) is 4.79 Å². The van der Waals surface area contributed by atoms with E-state index in [2.05, 4.69) is 4.98 Å². The number of benzene rings is 2. The van der Waals surface area contributed by atoms with Crippen LogP contribution >= 0.6 is 0 Å². The molecular formula is C22H26N2O4S.